The Labute approximate surface area is 117 Å². The van der Waals surface area contributed by atoms with E-state index >= 15 is 0 Å². The van der Waals surface area contributed by atoms with E-state index in [1.54, 1.807) is 44.5 Å². The topological polar surface area (TPSA) is 76.5 Å². The second-order valence-electron chi connectivity index (χ2n) is 4.09. The van der Waals surface area contributed by atoms with E-state index in [0.717, 1.165) is 5.56 Å². The zero-order chi connectivity index (χ0) is 14.4. The summed E-state index contributed by atoms with van der Waals surface area (Å²) in [5.74, 6) is 2.29. The fourth-order valence-electron chi connectivity index (χ4n) is 1.63. The zero-order valence-electron chi connectivity index (χ0n) is 11.5. The van der Waals surface area contributed by atoms with Gasteiger partial charge in [0.15, 0.2) is 5.82 Å². The Kier molecular flexibility index (Phi) is 4.86. The van der Waals surface area contributed by atoms with Crippen molar-refractivity contribution in [2.75, 3.05) is 19.5 Å². The lowest BCUT2D eigenvalue weighted by molar-refractivity contribution is 0.177. The molecule has 2 aromatic rings. The molecule has 0 radical (unpaired) electrons. The maximum Gasteiger partial charge on any atom is 0.224 e. The minimum Gasteiger partial charge on any atom is -0.439 e. The highest BCUT2D eigenvalue weighted by Crippen LogP contribution is 2.22. The smallest absolute Gasteiger partial charge is 0.224 e. The second-order valence-corrected chi connectivity index (χ2v) is 4.09. The van der Waals surface area contributed by atoms with Gasteiger partial charge in [0.05, 0.1) is 6.61 Å². The van der Waals surface area contributed by atoms with Crippen LogP contribution < -0.4 is 10.1 Å². The molecule has 0 amide bonds. The molecule has 6 heteroatoms. The van der Waals surface area contributed by atoms with E-state index < -0.39 is 0 Å². The number of benzene rings is 1. The van der Waals surface area contributed by atoms with Gasteiger partial charge in [-0.2, -0.15) is 4.98 Å². The Morgan fingerprint density at radius 3 is 2.55 bits per heavy atom. The van der Waals surface area contributed by atoms with Gasteiger partial charge >= 0.3 is 0 Å². The summed E-state index contributed by atoms with van der Waals surface area (Å²) < 4.78 is 10.7. The fraction of sp³-hybridized carbons (Fsp3) is 0.286. The van der Waals surface area contributed by atoms with Gasteiger partial charge in [-0.25, -0.2) is 4.98 Å². The Hall–Kier alpha value is -2.18. The Bertz CT molecular complexity index is 558. The molecule has 0 aliphatic rings. The third-order valence-corrected chi connectivity index (χ3v) is 2.61. The average molecular weight is 275 g/mol. The molecule has 0 bridgehead atoms. The highest BCUT2D eigenvalue weighted by Gasteiger charge is 2.06. The number of rotatable bonds is 6. The molecule has 0 aliphatic carbocycles. The number of ether oxygens (including phenoxy) is 2. The van der Waals surface area contributed by atoms with E-state index in [4.69, 9.17) is 14.6 Å². The molecule has 106 valence electrons. The van der Waals surface area contributed by atoms with Crippen LogP contribution in [-0.4, -0.2) is 29.2 Å². The van der Waals surface area contributed by atoms with Crippen LogP contribution >= 0.6 is 0 Å². The molecule has 2 rings (SSSR count). The van der Waals surface area contributed by atoms with Gasteiger partial charge in [0.1, 0.15) is 18.2 Å². The summed E-state index contributed by atoms with van der Waals surface area (Å²) in [6.45, 7) is 0.324. The molecule has 0 saturated heterocycles. The van der Waals surface area contributed by atoms with Gasteiger partial charge in [-0.05, 0) is 17.7 Å². The molecule has 0 unspecified atom stereocenters. The molecule has 1 heterocycles. The van der Waals surface area contributed by atoms with Crippen LogP contribution in [0.1, 0.15) is 11.4 Å². The van der Waals surface area contributed by atoms with Gasteiger partial charge < -0.3 is 19.9 Å². The van der Waals surface area contributed by atoms with Gasteiger partial charge in [-0.15, -0.1) is 0 Å². The first-order valence-electron chi connectivity index (χ1n) is 6.17. The number of nitrogens with one attached hydrogen (secondary N) is 1. The number of aliphatic hydroxyl groups excluding tert-OH is 1. The van der Waals surface area contributed by atoms with Crippen LogP contribution in [0.3, 0.4) is 0 Å². The summed E-state index contributed by atoms with van der Waals surface area (Å²) in [6, 6.07) is 8.86. The van der Waals surface area contributed by atoms with Gasteiger partial charge in [0.2, 0.25) is 5.88 Å². The predicted octanol–water partition coefficient (Wildman–Crippen LogP) is 1.95. The van der Waals surface area contributed by atoms with Crippen molar-refractivity contribution >= 4 is 5.82 Å². The summed E-state index contributed by atoms with van der Waals surface area (Å²) in [6.07, 6.45) is 0. The third-order valence-electron chi connectivity index (χ3n) is 2.61. The van der Waals surface area contributed by atoms with Gasteiger partial charge in [-0.1, -0.05) is 12.1 Å². The molecular formula is C14H17N3O3. The average Bonchev–Trinajstić information content (AvgIpc) is 2.48. The van der Waals surface area contributed by atoms with Crippen molar-refractivity contribution in [3.63, 3.8) is 0 Å². The number of hydrogen-bond donors (Lipinski definition) is 2. The summed E-state index contributed by atoms with van der Waals surface area (Å²) >= 11 is 0. The van der Waals surface area contributed by atoms with Crippen molar-refractivity contribution in [1.29, 1.82) is 0 Å². The van der Waals surface area contributed by atoms with Crippen LogP contribution in [0.15, 0.2) is 30.3 Å². The monoisotopic (exact) mass is 275 g/mol. The third kappa shape index (κ3) is 3.66. The van der Waals surface area contributed by atoms with Crippen LogP contribution in [0, 0.1) is 0 Å². The van der Waals surface area contributed by atoms with E-state index in [2.05, 4.69) is 15.3 Å². The Balaban J connectivity index is 2.20. The molecule has 0 aliphatic heterocycles. The number of hydrogen-bond acceptors (Lipinski definition) is 6. The van der Waals surface area contributed by atoms with Crippen molar-refractivity contribution in [3.05, 3.63) is 41.7 Å². The number of aromatic nitrogens is 2. The van der Waals surface area contributed by atoms with E-state index in [1.807, 2.05) is 0 Å². The first-order valence-corrected chi connectivity index (χ1v) is 6.17. The van der Waals surface area contributed by atoms with Crippen molar-refractivity contribution in [2.24, 2.45) is 0 Å². The van der Waals surface area contributed by atoms with E-state index in [0.29, 0.717) is 29.9 Å². The summed E-state index contributed by atoms with van der Waals surface area (Å²) in [5, 5.41) is 11.9. The molecule has 1 aromatic heterocycles. The molecule has 6 nitrogen and oxygen atoms in total. The minimum atomic E-state index is 0.00960. The lowest BCUT2D eigenvalue weighted by Crippen LogP contribution is -2.03. The fourth-order valence-corrected chi connectivity index (χ4v) is 1.63. The highest BCUT2D eigenvalue weighted by molar-refractivity contribution is 5.39. The Morgan fingerprint density at radius 1 is 1.20 bits per heavy atom. The van der Waals surface area contributed by atoms with Crippen LogP contribution in [0.2, 0.25) is 0 Å². The highest BCUT2D eigenvalue weighted by atomic mass is 16.5. The first-order chi connectivity index (χ1) is 9.75. The molecule has 0 saturated carbocycles. The number of aliphatic hydroxyl groups is 1. The summed E-state index contributed by atoms with van der Waals surface area (Å²) in [4.78, 5) is 8.51. The van der Waals surface area contributed by atoms with Gasteiger partial charge in [0.25, 0.3) is 0 Å². The van der Waals surface area contributed by atoms with Crippen molar-refractivity contribution < 1.29 is 14.6 Å². The number of nitrogens with zero attached hydrogens (tertiary/aromatic N) is 2. The maximum absolute atomic E-state index is 9.00. The molecule has 0 spiro atoms. The second kappa shape index (κ2) is 6.83. The van der Waals surface area contributed by atoms with Crippen molar-refractivity contribution in [3.8, 4) is 11.6 Å². The van der Waals surface area contributed by atoms with Gasteiger partial charge in [0, 0.05) is 20.2 Å². The van der Waals surface area contributed by atoms with Crippen molar-refractivity contribution in [1.82, 2.24) is 9.97 Å². The largest absolute Gasteiger partial charge is 0.439 e. The van der Waals surface area contributed by atoms with Crippen LogP contribution in [0.5, 0.6) is 11.6 Å². The van der Waals surface area contributed by atoms with Crippen molar-refractivity contribution in [2.45, 2.75) is 13.2 Å². The van der Waals surface area contributed by atoms with Crippen LogP contribution in [0.25, 0.3) is 0 Å². The molecule has 20 heavy (non-hydrogen) atoms. The predicted molar refractivity (Wildman–Crippen MR) is 74.7 cm³/mol. The molecule has 0 fully saturated rings. The first kappa shape index (κ1) is 14.2. The SMILES string of the molecule is CNc1cc(Oc2ccc(CO)cc2)nc(COC)n1. The molecule has 2 N–H and O–H groups in total. The van der Waals surface area contributed by atoms with E-state index in [-0.39, 0.29) is 6.61 Å². The van der Waals surface area contributed by atoms with Crippen LogP contribution in [0.4, 0.5) is 5.82 Å². The summed E-state index contributed by atoms with van der Waals surface area (Å²) in [7, 11) is 3.36. The number of methoxy groups -OCH3 is 1. The van der Waals surface area contributed by atoms with Crippen LogP contribution in [-0.2, 0) is 18.0 Å². The lowest BCUT2D eigenvalue weighted by Gasteiger charge is -2.09. The molecule has 1 aromatic carbocycles. The minimum absolute atomic E-state index is 0.00960. The standard InChI is InChI=1S/C14H17N3O3/c1-15-12-7-14(17-13(16-12)9-19-2)20-11-5-3-10(8-18)4-6-11/h3-7,18H,8-9H2,1-2H3,(H,15,16,17). The zero-order valence-corrected chi connectivity index (χ0v) is 11.5. The lowest BCUT2D eigenvalue weighted by atomic mass is 10.2. The molecule has 0 atom stereocenters. The molecular weight excluding hydrogens is 258 g/mol. The Morgan fingerprint density at radius 2 is 1.95 bits per heavy atom. The summed E-state index contributed by atoms with van der Waals surface area (Å²) in [5.41, 5.74) is 0.830. The quantitative estimate of drug-likeness (QED) is 0.839. The normalized spacial score (nSPS) is 10.3. The van der Waals surface area contributed by atoms with E-state index in [9.17, 15) is 0 Å². The maximum atomic E-state index is 9.00. The van der Waals surface area contributed by atoms with Gasteiger partial charge in [-0.3, -0.25) is 0 Å². The van der Waals surface area contributed by atoms with E-state index in [1.165, 1.54) is 0 Å². The number of anilines is 1.